The molecule has 0 aromatic heterocycles. The summed E-state index contributed by atoms with van der Waals surface area (Å²) in [4.78, 5) is 0. The van der Waals surface area contributed by atoms with Crippen LogP contribution in [0.2, 0.25) is 0 Å². The van der Waals surface area contributed by atoms with Crippen molar-refractivity contribution in [1.82, 2.24) is 0 Å². The lowest BCUT2D eigenvalue weighted by Gasteiger charge is -2.16. The molecule has 1 aromatic carbocycles. The Labute approximate surface area is 78.9 Å². The Morgan fingerprint density at radius 3 is 2.77 bits per heavy atom. The van der Waals surface area contributed by atoms with Crippen molar-refractivity contribution < 1.29 is 0 Å². The van der Waals surface area contributed by atoms with Gasteiger partial charge in [0.1, 0.15) is 0 Å². The summed E-state index contributed by atoms with van der Waals surface area (Å²) >= 11 is 0. The molecule has 2 aliphatic rings. The molecule has 1 saturated carbocycles. The SMILES string of the molecule is CC1C2CCC1c1c(N)cccc12. The normalized spacial score (nSPS) is 35.0. The number of rotatable bonds is 0. The maximum Gasteiger partial charge on any atom is 0.0352 e. The number of anilines is 1. The first-order valence-corrected chi connectivity index (χ1v) is 5.17. The second-order valence-electron chi connectivity index (χ2n) is 4.50. The van der Waals surface area contributed by atoms with Gasteiger partial charge in [-0.3, -0.25) is 0 Å². The average Bonchev–Trinajstić information content (AvgIpc) is 2.61. The van der Waals surface area contributed by atoms with E-state index < -0.39 is 0 Å². The van der Waals surface area contributed by atoms with Gasteiger partial charge in [0.15, 0.2) is 0 Å². The lowest BCUT2D eigenvalue weighted by Crippen LogP contribution is -2.02. The van der Waals surface area contributed by atoms with Crippen LogP contribution in [0.4, 0.5) is 5.69 Å². The highest BCUT2D eigenvalue weighted by atomic mass is 14.6. The van der Waals surface area contributed by atoms with Gasteiger partial charge in [-0.05, 0) is 47.8 Å². The van der Waals surface area contributed by atoms with Crippen LogP contribution < -0.4 is 5.73 Å². The van der Waals surface area contributed by atoms with E-state index in [-0.39, 0.29) is 0 Å². The second kappa shape index (κ2) is 2.28. The van der Waals surface area contributed by atoms with Gasteiger partial charge >= 0.3 is 0 Å². The summed E-state index contributed by atoms with van der Waals surface area (Å²) < 4.78 is 0. The minimum absolute atomic E-state index is 0.765. The molecule has 0 amide bonds. The lowest BCUT2D eigenvalue weighted by molar-refractivity contribution is 0.532. The third-order valence-electron chi connectivity index (χ3n) is 4.00. The Morgan fingerprint density at radius 1 is 1.23 bits per heavy atom. The van der Waals surface area contributed by atoms with Crippen LogP contribution >= 0.6 is 0 Å². The molecule has 3 rings (SSSR count). The molecule has 3 atom stereocenters. The van der Waals surface area contributed by atoms with Gasteiger partial charge in [-0.25, -0.2) is 0 Å². The van der Waals surface area contributed by atoms with E-state index in [1.807, 2.05) is 6.07 Å². The largest absolute Gasteiger partial charge is 0.398 e. The fourth-order valence-corrected chi connectivity index (χ4v) is 3.36. The summed E-state index contributed by atoms with van der Waals surface area (Å²) in [5.41, 5.74) is 10.1. The summed E-state index contributed by atoms with van der Waals surface area (Å²) in [7, 11) is 0. The van der Waals surface area contributed by atoms with Crippen LogP contribution in [0.3, 0.4) is 0 Å². The highest BCUT2D eigenvalue weighted by Gasteiger charge is 2.43. The molecule has 2 bridgehead atoms. The molecule has 13 heavy (non-hydrogen) atoms. The predicted octanol–water partition coefficient (Wildman–Crippen LogP) is 2.88. The zero-order valence-electron chi connectivity index (χ0n) is 7.96. The number of hydrogen-bond donors (Lipinski definition) is 1. The van der Waals surface area contributed by atoms with Gasteiger partial charge in [-0.2, -0.15) is 0 Å². The average molecular weight is 173 g/mol. The Kier molecular flexibility index (Phi) is 1.30. The molecule has 0 radical (unpaired) electrons. The zero-order valence-corrected chi connectivity index (χ0v) is 7.96. The van der Waals surface area contributed by atoms with Crippen LogP contribution in [0.15, 0.2) is 18.2 Å². The fraction of sp³-hybridized carbons (Fsp3) is 0.500. The first-order valence-electron chi connectivity index (χ1n) is 5.17. The molecule has 0 aliphatic heterocycles. The van der Waals surface area contributed by atoms with Gasteiger partial charge in [0.05, 0.1) is 0 Å². The standard InChI is InChI=1S/C12H15N/c1-7-8-5-6-9(7)12-10(8)3-2-4-11(12)13/h2-4,7-9H,5-6,13H2,1H3. The van der Waals surface area contributed by atoms with Gasteiger partial charge in [-0.15, -0.1) is 0 Å². The van der Waals surface area contributed by atoms with E-state index in [0.717, 1.165) is 23.4 Å². The summed E-state index contributed by atoms with van der Waals surface area (Å²) in [6.07, 6.45) is 2.73. The van der Waals surface area contributed by atoms with Crippen LogP contribution in [0.25, 0.3) is 0 Å². The van der Waals surface area contributed by atoms with E-state index in [2.05, 4.69) is 19.1 Å². The molecule has 2 aliphatic carbocycles. The van der Waals surface area contributed by atoms with Crippen molar-refractivity contribution in [2.45, 2.75) is 31.6 Å². The van der Waals surface area contributed by atoms with Crippen LogP contribution in [0.1, 0.15) is 42.7 Å². The molecule has 1 heteroatoms. The van der Waals surface area contributed by atoms with Crippen molar-refractivity contribution in [1.29, 1.82) is 0 Å². The van der Waals surface area contributed by atoms with Crippen molar-refractivity contribution in [3.63, 3.8) is 0 Å². The Hall–Kier alpha value is -0.980. The van der Waals surface area contributed by atoms with Crippen molar-refractivity contribution in [2.24, 2.45) is 5.92 Å². The topological polar surface area (TPSA) is 26.0 Å². The second-order valence-corrected chi connectivity index (χ2v) is 4.50. The van der Waals surface area contributed by atoms with E-state index in [0.29, 0.717) is 0 Å². The first-order chi connectivity index (χ1) is 6.29. The van der Waals surface area contributed by atoms with Gasteiger partial charge in [0.2, 0.25) is 0 Å². The molecule has 1 aromatic rings. The first kappa shape index (κ1) is 7.43. The molecule has 0 spiro atoms. The third-order valence-corrected chi connectivity index (χ3v) is 4.00. The van der Waals surface area contributed by atoms with E-state index in [9.17, 15) is 0 Å². The third kappa shape index (κ3) is 0.775. The highest BCUT2D eigenvalue weighted by Crippen LogP contribution is 2.58. The smallest absolute Gasteiger partial charge is 0.0352 e. The van der Waals surface area contributed by atoms with Gasteiger partial charge in [0, 0.05) is 5.69 Å². The minimum Gasteiger partial charge on any atom is -0.398 e. The van der Waals surface area contributed by atoms with E-state index in [1.165, 1.54) is 18.4 Å². The van der Waals surface area contributed by atoms with Crippen molar-refractivity contribution >= 4 is 5.69 Å². The Balaban J connectivity index is 2.24. The predicted molar refractivity (Wildman–Crippen MR) is 54.7 cm³/mol. The number of fused-ring (bicyclic) bond motifs is 5. The number of benzene rings is 1. The fourth-order valence-electron chi connectivity index (χ4n) is 3.36. The molecule has 1 fully saturated rings. The van der Waals surface area contributed by atoms with Crippen LogP contribution in [-0.2, 0) is 0 Å². The molecule has 3 unspecified atom stereocenters. The molecular weight excluding hydrogens is 158 g/mol. The molecule has 0 heterocycles. The highest BCUT2D eigenvalue weighted by molar-refractivity contribution is 5.58. The van der Waals surface area contributed by atoms with Gasteiger partial charge in [0.25, 0.3) is 0 Å². The van der Waals surface area contributed by atoms with Gasteiger partial charge < -0.3 is 5.73 Å². The number of hydrogen-bond acceptors (Lipinski definition) is 1. The zero-order chi connectivity index (χ0) is 9.00. The summed E-state index contributed by atoms with van der Waals surface area (Å²) in [6.45, 7) is 2.38. The number of nitrogens with two attached hydrogens (primary N) is 1. The minimum atomic E-state index is 0.765. The van der Waals surface area contributed by atoms with Crippen molar-refractivity contribution in [2.75, 3.05) is 5.73 Å². The molecule has 2 N–H and O–H groups in total. The van der Waals surface area contributed by atoms with Crippen LogP contribution in [0.5, 0.6) is 0 Å². The number of nitrogen functional groups attached to an aromatic ring is 1. The Bertz CT molecular complexity index is 356. The van der Waals surface area contributed by atoms with Crippen molar-refractivity contribution in [3.05, 3.63) is 29.3 Å². The molecule has 0 saturated heterocycles. The molecule has 1 nitrogen and oxygen atoms in total. The van der Waals surface area contributed by atoms with Crippen LogP contribution in [-0.4, -0.2) is 0 Å². The van der Waals surface area contributed by atoms with Gasteiger partial charge in [-0.1, -0.05) is 19.1 Å². The monoisotopic (exact) mass is 173 g/mol. The van der Waals surface area contributed by atoms with E-state index in [4.69, 9.17) is 5.73 Å². The Morgan fingerprint density at radius 2 is 2.00 bits per heavy atom. The lowest BCUT2D eigenvalue weighted by atomic mass is 9.91. The molecule has 68 valence electrons. The summed E-state index contributed by atoms with van der Waals surface area (Å²) in [5, 5.41) is 0. The molecular formula is C12H15N. The van der Waals surface area contributed by atoms with Crippen LogP contribution in [0, 0.1) is 5.92 Å². The maximum absolute atomic E-state index is 6.02. The summed E-state index contributed by atoms with van der Waals surface area (Å²) in [6, 6.07) is 6.42. The van der Waals surface area contributed by atoms with Crippen molar-refractivity contribution in [3.8, 4) is 0 Å². The summed E-state index contributed by atoms with van der Waals surface area (Å²) in [5.74, 6) is 2.41. The maximum atomic E-state index is 6.02. The quantitative estimate of drug-likeness (QED) is 0.600. The van der Waals surface area contributed by atoms with E-state index in [1.54, 1.807) is 5.56 Å². The van der Waals surface area contributed by atoms with E-state index >= 15 is 0 Å².